The summed E-state index contributed by atoms with van der Waals surface area (Å²) in [5.41, 5.74) is 3.17. The van der Waals surface area contributed by atoms with E-state index in [1.54, 1.807) is 12.1 Å². The fourth-order valence-corrected chi connectivity index (χ4v) is 4.69. The summed E-state index contributed by atoms with van der Waals surface area (Å²) < 4.78 is 27.2. The van der Waals surface area contributed by atoms with Gasteiger partial charge in [0.1, 0.15) is 17.3 Å². The molecule has 1 N–H and O–H groups in total. The first kappa shape index (κ1) is 21.5. The fourth-order valence-electron chi connectivity index (χ4n) is 4.69. The van der Waals surface area contributed by atoms with Crippen LogP contribution in [0.25, 0.3) is 11.1 Å². The topological polar surface area (TPSA) is 76.8 Å². The molecule has 0 bridgehead atoms. The molecule has 1 atom stereocenters. The number of nitrogens with zero attached hydrogens (tertiary/aromatic N) is 3. The van der Waals surface area contributed by atoms with E-state index in [0.29, 0.717) is 30.0 Å². The monoisotopic (exact) mass is 451 g/mol. The van der Waals surface area contributed by atoms with E-state index in [-0.39, 0.29) is 17.9 Å². The molecule has 2 aliphatic heterocycles. The van der Waals surface area contributed by atoms with Crippen molar-refractivity contribution in [2.45, 2.75) is 44.7 Å². The van der Waals surface area contributed by atoms with Crippen LogP contribution in [-0.2, 0) is 11.2 Å². The summed E-state index contributed by atoms with van der Waals surface area (Å²) in [4.78, 5) is 13.4. The Morgan fingerprint density at radius 2 is 1.91 bits per heavy atom. The van der Waals surface area contributed by atoms with Crippen molar-refractivity contribution < 1.29 is 23.8 Å². The van der Waals surface area contributed by atoms with Gasteiger partial charge in [-0.1, -0.05) is 0 Å². The van der Waals surface area contributed by atoms with Gasteiger partial charge in [-0.2, -0.15) is 5.10 Å². The van der Waals surface area contributed by atoms with Gasteiger partial charge in [0.15, 0.2) is 0 Å². The largest absolute Gasteiger partial charge is 0.465 e. The second-order valence-corrected chi connectivity index (χ2v) is 8.59. The molecule has 172 valence electrons. The zero-order chi connectivity index (χ0) is 22.9. The third-order valence-corrected chi connectivity index (χ3v) is 6.47. The van der Waals surface area contributed by atoms with Crippen molar-refractivity contribution in [3.05, 3.63) is 60.2 Å². The number of halogens is 1. The summed E-state index contributed by atoms with van der Waals surface area (Å²) in [6.45, 7) is 3.35. The number of carbonyl (C=O) groups is 1. The normalized spacial score (nSPS) is 18.7. The van der Waals surface area contributed by atoms with Crippen LogP contribution in [0.4, 0.5) is 14.9 Å². The summed E-state index contributed by atoms with van der Waals surface area (Å²) in [5, 5.41) is 14.4. The van der Waals surface area contributed by atoms with Crippen LogP contribution in [-0.4, -0.2) is 40.2 Å². The smallest absolute Gasteiger partial charge is 0.412 e. The van der Waals surface area contributed by atoms with Crippen LogP contribution in [0.2, 0.25) is 0 Å². The molecule has 1 fully saturated rings. The molecule has 0 aliphatic carbocycles. The molecule has 2 aromatic carbocycles. The molecule has 3 heterocycles. The van der Waals surface area contributed by atoms with Gasteiger partial charge in [0, 0.05) is 42.1 Å². The van der Waals surface area contributed by atoms with E-state index in [0.717, 1.165) is 42.7 Å². The van der Waals surface area contributed by atoms with E-state index >= 15 is 0 Å². The molecule has 1 aromatic heterocycles. The first-order valence-corrected chi connectivity index (χ1v) is 11.2. The molecule has 2 aliphatic rings. The lowest BCUT2D eigenvalue weighted by molar-refractivity contribution is 0.0662. The van der Waals surface area contributed by atoms with Gasteiger partial charge < -0.3 is 14.6 Å². The lowest BCUT2D eigenvalue weighted by Crippen LogP contribution is -2.41. The van der Waals surface area contributed by atoms with Crippen molar-refractivity contribution in [2.24, 2.45) is 0 Å². The second-order valence-electron chi connectivity index (χ2n) is 8.59. The van der Waals surface area contributed by atoms with Crippen LogP contribution >= 0.6 is 0 Å². The van der Waals surface area contributed by atoms with Gasteiger partial charge in [-0.3, -0.25) is 9.58 Å². The average Bonchev–Trinajstić information content (AvgIpc) is 3.31. The maximum Gasteiger partial charge on any atom is 0.412 e. The third-order valence-electron chi connectivity index (χ3n) is 6.47. The van der Waals surface area contributed by atoms with Gasteiger partial charge in [-0.05, 0) is 69.0 Å². The SMILES string of the molecule is C[C@H]1CCc2c(ccc(-c3cnn(C4CCOCC4)c3)c2Oc2ccc(F)cc2)N1C(=O)O. The highest BCUT2D eigenvalue weighted by molar-refractivity contribution is 5.91. The highest BCUT2D eigenvalue weighted by Gasteiger charge is 2.32. The predicted octanol–water partition coefficient (Wildman–Crippen LogP) is 5.65. The van der Waals surface area contributed by atoms with Gasteiger partial charge in [0.25, 0.3) is 0 Å². The molecule has 3 aromatic rings. The summed E-state index contributed by atoms with van der Waals surface area (Å²) in [6, 6.07) is 9.73. The van der Waals surface area contributed by atoms with Crippen molar-refractivity contribution in [2.75, 3.05) is 18.1 Å². The van der Waals surface area contributed by atoms with Crippen molar-refractivity contribution in [3.8, 4) is 22.6 Å². The Morgan fingerprint density at radius 3 is 2.64 bits per heavy atom. The molecule has 33 heavy (non-hydrogen) atoms. The Labute approximate surface area is 191 Å². The minimum absolute atomic E-state index is 0.129. The highest BCUT2D eigenvalue weighted by atomic mass is 19.1. The number of hydrogen-bond donors (Lipinski definition) is 1. The van der Waals surface area contributed by atoms with Crippen LogP contribution in [0.15, 0.2) is 48.8 Å². The summed E-state index contributed by atoms with van der Waals surface area (Å²) in [7, 11) is 0. The zero-order valence-corrected chi connectivity index (χ0v) is 18.4. The number of aromatic nitrogens is 2. The minimum Gasteiger partial charge on any atom is -0.465 e. The Kier molecular flexibility index (Phi) is 5.76. The Bertz CT molecular complexity index is 1150. The van der Waals surface area contributed by atoms with Crippen LogP contribution in [0.1, 0.15) is 37.8 Å². The quantitative estimate of drug-likeness (QED) is 0.555. The Morgan fingerprint density at radius 1 is 1.15 bits per heavy atom. The molecular formula is C25H26FN3O4. The zero-order valence-electron chi connectivity index (χ0n) is 18.4. The lowest BCUT2D eigenvalue weighted by Gasteiger charge is -2.34. The fraction of sp³-hybridized carbons (Fsp3) is 0.360. The third kappa shape index (κ3) is 4.18. The van der Waals surface area contributed by atoms with Gasteiger partial charge in [-0.25, -0.2) is 9.18 Å². The van der Waals surface area contributed by atoms with E-state index in [1.165, 1.54) is 17.0 Å². The van der Waals surface area contributed by atoms with Gasteiger partial charge in [-0.15, -0.1) is 0 Å². The molecule has 8 heteroatoms. The number of benzene rings is 2. The van der Waals surface area contributed by atoms with Crippen LogP contribution in [0.5, 0.6) is 11.5 Å². The molecule has 0 radical (unpaired) electrons. The average molecular weight is 451 g/mol. The second kappa shape index (κ2) is 8.86. The van der Waals surface area contributed by atoms with Crippen LogP contribution in [0.3, 0.4) is 0 Å². The lowest BCUT2D eigenvalue weighted by atomic mass is 9.92. The van der Waals surface area contributed by atoms with Crippen LogP contribution < -0.4 is 9.64 Å². The van der Waals surface area contributed by atoms with Gasteiger partial charge in [0.05, 0.1) is 17.9 Å². The minimum atomic E-state index is -0.990. The maximum absolute atomic E-state index is 13.5. The molecule has 0 spiro atoms. The molecule has 0 saturated carbocycles. The Balaban J connectivity index is 1.59. The number of ether oxygens (including phenoxy) is 2. The van der Waals surface area contributed by atoms with E-state index in [9.17, 15) is 14.3 Å². The molecule has 5 rings (SSSR count). The van der Waals surface area contributed by atoms with Crippen LogP contribution in [0, 0.1) is 5.82 Å². The van der Waals surface area contributed by atoms with E-state index < -0.39 is 6.09 Å². The molecular weight excluding hydrogens is 425 g/mol. The molecule has 7 nitrogen and oxygen atoms in total. The van der Waals surface area contributed by atoms with Crippen molar-refractivity contribution >= 4 is 11.8 Å². The highest BCUT2D eigenvalue weighted by Crippen LogP contribution is 2.45. The first-order chi connectivity index (χ1) is 16.0. The number of anilines is 1. The number of amides is 1. The summed E-state index contributed by atoms with van der Waals surface area (Å²) in [6.07, 6.45) is 6.02. The maximum atomic E-state index is 13.5. The summed E-state index contributed by atoms with van der Waals surface area (Å²) >= 11 is 0. The molecule has 0 unspecified atom stereocenters. The first-order valence-electron chi connectivity index (χ1n) is 11.2. The van der Waals surface area contributed by atoms with E-state index in [2.05, 4.69) is 5.10 Å². The van der Waals surface area contributed by atoms with Crippen molar-refractivity contribution in [1.82, 2.24) is 9.78 Å². The molecule has 1 saturated heterocycles. The summed E-state index contributed by atoms with van der Waals surface area (Å²) in [5.74, 6) is 0.730. The standard InChI is InChI=1S/C25H26FN3O4/c1-16-2-7-22-23(29(16)25(30)31)9-8-21(24(22)33-20-5-3-18(26)4-6-20)17-14-27-28(15-17)19-10-12-32-13-11-19/h3-6,8-9,14-16,19H,2,7,10-13H2,1H3,(H,30,31)/t16-/m0/s1. The van der Waals surface area contributed by atoms with Crippen molar-refractivity contribution in [1.29, 1.82) is 0 Å². The van der Waals surface area contributed by atoms with Crippen molar-refractivity contribution in [3.63, 3.8) is 0 Å². The number of carboxylic acid groups (broad SMARTS) is 1. The predicted molar refractivity (Wildman–Crippen MR) is 122 cm³/mol. The van der Waals surface area contributed by atoms with Gasteiger partial charge in [0.2, 0.25) is 0 Å². The number of rotatable bonds is 4. The Hall–Kier alpha value is -3.39. The van der Waals surface area contributed by atoms with E-state index in [1.807, 2.05) is 36.1 Å². The van der Waals surface area contributed by atoms with E-state index in [4.69, 9.17) is 9.47 Å². The molecule has 1 amide bonds. The number of fused-ring (bicyclic) bond motifs is 1. The number of hydrogen-bond acceptors (Lipinski definition) is 4. The van der Waals surface area contributed by atoms with Gasteiger partial charge >= 0.3 is 6.09 Å².